The minimum Gasteiger partial charge on any atom is -0.480 e. The van der Waals surface area contributed by atoms with Crippen molar-refractivity contribution in [2.75, 3.05) is 17.2 Å². The molecular weight excluding hydrogens is 268 g/mol. The minimum absolute atomic E-state index is 0.358. The maximum atomic E-state index is 12.5. The summed E-state index contributed by atoms with van der Waals surface area (Å²) >= 11 is 0. The van der Waals surface area contributed by atoms with Gasteiger partial charge in [-0.15, -0.1) is 0 Å². The van der Waals surface area contributed by atoms with Crippen molar-refractivity contribution in [3.8, 4) is 0 Å². The van der Waals surface area contributed by atoms with Gasteiger partial charge in [-0.2, -0.15) is 0 Å². The lowest BCUT2D eigenvalue weighted by atomic mass is 10.1. The van der Waals surface area contributed by atoms with Gasteiger partial charge in [-0.3, -0.25) is 14.5 Å². The third-order valence-electron chi connectivity index (χ3n) is 3.02. The number of carboxylic acid groups (broad SMARTS) is 1. The van der Waals surface area contributed by atoms with E-state index in [-0.39, 0.29) is 0 Å². The first kappa shape index (κ1) is 14.6. The van der Waals surface area contributed by atoms with Gasteiger partial charge in [0.1, 0.15) is 6.54 Å². The zero-order valence-corrected chi connectivity index (χ0v) is 11.6. The van der Waals surface area contributed by atoms with Crippen molar-refractivity contribution in [2.45, 2.75) is 6.92 Å². The van der Waals surface area contributed by atoms with Gasteiger partial charge in [0.25, 0.3) is 5.91 Å². The van der Waals surface area contributed by atoms with Gasteiger partial charge in [0.15, 0.2) is 0 Å². The van der Waals surface area contributed by atoms with Crippen LogP contribution in [-0.2, 0) is 4.79 Å². The van der Waals surface area contributed by atoms with Crippen LogP contribution in [0.4, 0.5) is 11.4 Å². The molecule has 2 rings (SSSR count). The van der Waals surface area contributed by atoms with E-state index in [0.717, 1.165) is 5.56 Å². The number of amides is 1. The average molecular weight is 284 g/mol. The molecule has 0 heterocycles. The molecule has 5 nitrogen and oxygen atoms in total. The van der Waals surface area contributed by atoms with Crippen molar-refractivity contribution in [1.29, 1.82) is 0 Å². The smallest absolute Gasteiger partial charge is 0.323 e. The Hall–Kier alpha value is -2.82. The Kier molecular flexibility index (Phi) is 4.23. The number of carboxylic acids is 1. The molecule has 0 radical (unpaired) electrons. The van der Waals surface area contributed by atoms with Crippen molar-refractivity contribution in [3.05, 3.63) is 59.7 Å². The molecule has 0 bridgehead atoms. The number of anilines is 2. The van der Waals surface area contributed by atoms with Crippen molar-refractivity contribution >= 4 is 23.3 Å². The van der Waals surface area contributed by atoms with Crippen molar-refractivity contribution < 1.29 is 14.7 Å². The van der Waals surface area contributed by atoms with Crippen LogP contribution in [0.5, 0.6) is 0 Å². The Morgan fingerprint density at radius 2 is 1.81 bits per heavy atom. The number of rotatable bonds is 4. The van der Waals surface area contributed by atoms with Crippen LogP contribution in [-0.4, -0.2) is 23.5 Å². The number of carbonyl (C=O) groups excluding carboxylic acids is 1. The summed E-state index contributed by atoms with van der Waals surface area (Å²) in [5, 5.41) is 9.03. The summed E-state index contributed by atoms with van der Waals surface area (Å²) in [7, 11) is 0. The minimum atomic E-state index is -1.08. The lowest BCUT2D eigenvalue weighted by Crippen LogP contribution is -2.35. The van der Waals surface area contributed by atoms with Gasteiger partial charge in [0, 0.05) is 16.9 Å². The summed E-state index contributed by atoms with van der Waals surface area (Å²) in [6.45, 7) is 1.52. The van der Waals surface area contributed by atoms with Crippen molar-refractivity contribution in [2.24, 2.45) is 0 Å². The highest BCUT2D eigenvalue weighted by molar-refractivity contribution is 6.08. The first-order valence-corrected chi connectivity index (χ1v) is 6.43. The molecule has 3 N–H and O–H groups in total. The van der Waals surface area contributed by atoms with E-state index in [4.69, 9.17) is 10.8 Å². The molecule has 0 aliphatic carbocycles. The molecule has 1 amide bonds. The van der Waals surface area contributed by atoms with Crippen molar-refractivity contribution in [3.63, 3.8) is 0 Å². The van der Waals surface area contributed by atoms with E-state index in [2.05, 4.69) is 0 Å². The average Bonchev–Trinajstić information content (AvgIpc) is 2.45. The van der Waals surface area contributed by atoms with Gasteiger partial charge in [-0.1, -0.05) is 23.8 Å². The second-order valence-electron chi connectivity index (χ2n) is 4.75. The van der Waals surface area contributed by atoms with E-state index >= 15 is 0 Å². The molecule has 21 heavy (non-hydrogen) atoms. The SMILES string of the molecule is Cc1ccc(N(CC(=O)O)C(=O)c2cccc(N)c2)cc1. The Balaban J connectivity index is 2.38. The maximum absolute atomic E-state index is 12.5. The first-order chi connectivity index (χ1) is 9.97. The number of nitrogen functional groups attached to an aromatic ring is 1. The predicted octanol–water partition coefficient (Wildman–Crippen LogP) is 2.31. The molecule has 2 aromatic rings. The second-order valence-corrected chi connectivity index (χ2v) is 4.75. The number of nitrogens with zero attached hydrogens (tertiary/aromatic N) is 1. The van der Waals surface area contributed by atoms with Crippen LogP contribution < -0.4 is 10.6 Å². The third-order valence-corrected chi connectivity index (χ3v) is 3.02. The topological polar surface area (TPSA) is 83.6 Å². The zero-order chi connectivity index (χ0) is 15.4. The molecule has 2 aromatic carbocycles. The molecule has 5 heteroatoms. The lowest BCUT2D eigenvalue weighted by Gasteiger charge is -2.21. The molecule has 0 fully saturated rings. The Labute approximate surface area is 122 Å². The molecule has 108 valence electrons. The molecular formula is C16H16N2O3. The number of carbonyl (C=O) groups is 2. The van der Waals surface area contributed by atoms with Crippen molar-refractivity contribution in [1.82, 2.24) is 0 Å². The number of hydrogen-bond donors (Lipinski definition) is 2. The van der Waals surface area contributed by atoms with E-state index in [9.17, 15) is 9.59 Å². The Morgan fingerprint density at radius 1 is 1.14 bits per heavy atom. The number of aryl methyl sites for hydroxylation is 1. The van der Waals surface area contributed by atoms with Gasteiger partial charge in [0.05, 0.1) is 0 Å². The quantitative estimate of drug-likeness (QED) is 0.844. The maximum Gasteiger partial charge on any atom is 0.323 e. The van der Waals surface area contributed by atoms with Gasteiger partial charge < -0.3 is 10.8 Å². The lowest BCUT2D eigenvalue weighted by molar-refractivity contribution is -0.135. The normalized spacial score (nSPS) is 10.1. The molecule has 0 atom stereocenters. The molecule has 0 saturated carbocycles. The molecule has 0 aliphatic rings. The Morgan fingerprint density at radius 3 is 2.38 bits per heavy atom. The predicted molar refractivity (Wildman–Crippen MR) is 81.3 cm³/mol. The highest BCUT2D eigenvalue weighted by Gasteiger charge is 2.20. The van der Waals surface area contributed by atoms with Crippen LogP contribution in [0.3, 0.4) is 0 Å². The van der Waals surface area contributed by atoms with Crippen LogP contribution in [0.25, 0.3) is 0 Å². The molecule has 0 unspecified atom stereocenters. The van der Waals surface area contributed by atoms with Crippen LogP contribution in [0.15, 0.2) is 48.5 Å². The fourth-order valence-corrected chi connectivity index (χ4v) is 1.97. The van der Waals surface area contributed by atoms with Crippen LogP contribution in [0, 0.1) is 6.92 Å². The van der Waals surface area contributed by atoms with E-state index < -0.39 is 18.4 Å². The number of hydrogen-bond acceptors (Lipinski definition) is 3. The number of benzene rings is 2. The molecule has 0 aliphatic heterocycles. The monoisotopic (exact) mass is 284 g/mol. The largest absolute Gasteiger partial charge is 0.480 e. The van der Waals surface area contributed by atoms with Gasteiger partial charge in [0.2, 0.25) is 0 Å². The summed E-state index contributed by atoms with van der Waals surface area (Å²) < 4.78 is 0. The van der Waals surface area contributed by atoms with Crippen LogP contribution in [0.2, 0.25) is 0 Å². The van der Waals surface area contributed by atoms with E-state index in [0.29, 0.717) is 16.9 Å². The molecule has 0 saturated heterocycles. The zero-order valence-electron chi connectivity index (χ0n) is 11.6. The number of nitrogens with two attached hydrogens (primary N) is 1. The highest BCUT2D eigenvalue weighted by Crippen LogP contribution is 2.19. The van der Waals surface area contributed by atoms with Gasteiger partial charge >= 0.3 is 5.97 Å². The first-order valence-electron chi connectivity index (χ1n) is 6.43. The highest BCUT2D eigenvalue weighted by atomic mass is 16.4. The fourth-order valence-electron chi connectivity index (χ4n) is 1.97. The second kappa shape index (κ2) is 6.09. The third kappa shape index (κ3) is 3.60. The van der Waals surface area contributed by atoms with E-state index in [1.807, 2.05) is 19.1 Å². The van der Waals surface area contributed by atoms with Crippen LogP contribution >= 0.6 is 0 Å². The van der Waals surface area contributed by atoms with Crippen LogP contribution in [0.1, 0.15) is 15.9 Å². The number of aliphatic carboxylic acids is 1. The summed E-state index contributed by atoms with van der Waals surface area (Å²) in [5.74, 6) is -1.47. The standard InChI is InChI=1S/C16H16N2O3/c1-11-5-7-14(8-6-11)18(10-15(19)20)16(21)12-3-2-4-13(17)9-12/h2-9H,10,17H2,1H3,(H,19,20). The van der Waals surface area contributed by atoms with E-state index in [1.54, 1.807) is 30.3 Å². The Bertz CT molecular complexity index is 665. The molecule has 0 aromatic heterocycles. The molecule has 0 spiro atoms. The summed E-state index contributed by atoms with van der Waals surface area (Å²) in [4.78, 5) is 24.8. The summed E-state index contributed by atoms with van der Waals surface area (Å²) in [6.07, 6.45) is 0. The van der Waals surface area contributed by atoms with E-state index in [1.165, 1.54) is 11.0 Å². The summed E-state index contributed by atoms with van der Waals surface area (Å²) in [6, 6.07) is 13.6. The van der Waals surface area contributed by atoms with Gasteiger partial charge in [-0.25, -0.2) is 0 Å². The summed E-state index contributed by atoms with van der Waals surface area (Å²) in [5.41, 5.74) is 8.06. The van der Waals surface area contributed by atoms with Gasteiger partial charge in [-0.05, 0) is 37.3 Å². The fraction of sp³-hybridized carbons (Fsp3) is 0.125.